The molecule has 3 rings (SSSR count). The van der Waals surface area contributed by atoms with Crippen LogP contribution in [0.3, 0.4) is 0 Å². The highest BCUT2D eigenvalue weighted by Gasteiger charge is 2.12. The lowest BCUT2D eigenvalue weighted by Gasteiger charge is -2.01. The Kier molecular flexibility index (Phi) is 2.37. The quantitative estimate of drug-likeness (QED) is 0.755. The number of nitrogens with zero attached hydrogens (tertiary/aromatic N) is 2. The number of nitrogens with one attached hydrogen (secondary N) is 1. The molecule has 1 N–H and O–H groups in total. The Morgan fingerprint density at radius 2 is 2.29 bits per heavy atom. The summed E-state index contributed by atoms with van der Waals surface area (Å²) >= 11 is 5.94. The number of aryl methyl sites for hydroxylation is 1. The van der Waals surface area contributed by atoms with Crippen LogP contribution in [0.5, 0.6) is 0 Å². The molecule has 5 heteroatoms. The molecule has 0 aliphatic carbocycles. The van der Waals surface area contributed by atoms with Gasteiger partial charge in [0.25, 0.3) is 0 Å². The second-order valence-electron chi connectivity index (χ2n) is 3.70. The van der Waals surface area contributed by atoms with E-state index >= 15 is 0 Å². The summed E-state index contributed by atoms with van der Waals surface area (Å²) in [6, 6.07) is 5.50. The average Bonchev–Trinajstić information content (AvgIpc) is 2.94. The summed E-state index contributed by atoms with van der Waals surface area (Å²) in [6.07, 6.45) is 2.43. The van der Waals surface area contributed by atoms with Crippen LogP contribution in [0.1, 0.15) is 12.6 Å². The third kappa shape index (κ3) is 1.70. The molecule has 86 valence electrons. The Labute approximate surface area is 103 Å². The van der Waals surface area contributed by atoms with Crippen molar-refractivity contribution in [3.63, 3.8) is 0 Å². The topological polar surface area (TPSA) is 54.7 Å². The average molecular weight is 248 g/mol. The molecule has 0 bridgehead atoms. The van der Waals surface area contributed by atoms with Crippen molar-refractivity contribution in [2.75, 3.05) is 0 Å². The van der Waals surface area contributed by atoms with Crippen LogP contribution in [0.4, 0.5) is 0 Å². The Bertz CT molecular complexity index is 658. The number of halogens is 1. The molecule has 3 heterocycles. The van der Waals surface area contributed by atoms with Crippen molar-refractivity contribution in [3.8, 4) is 11.6 Å². The zero-order valence-electron chi connectivity index (χ0n) is 9.20. The predicted octanol–water partition coefficient (Wildman–Crippen LogP) is 3.43. The lowest BCUT2D eigenvalue weighted by atomic mass is 10.2. The molecule has 0 radical (unpaired) electrons. The molecule has 3 aromatic rings. The van der Waals surface area contributed by atoms with Crippen LogP contribution in [-0.4, -0.2) is 15.0 Å². The van der Waals surface area contributed by atoms with E-state index in [0.717, 1.165) is 23.1 Å². The summed E-state index contributed by atoms with van der Waals surface area (Å²) in [6.45, 7) is 2.05. The highest BCUT2D eigenvalue weighted by Crippen LogP contribution is 2.24. The summed E-state index contributed by atoms with van der Waals surface area (Å²) in [7, 11) is 0. The van der Waals surface area contributed by atoms with E-state index in [4.69, 9.17) is 16.0 Å². The van der Waals surface area contributed by atoms with Gasteiger partial charge in [-0.05, 0) is 24.6 Å². The van der Waals surface area contributed by atoms with Crippen molar-refractivity contribution in [2.45, 2.75) is 13.3 Å². The molecule has 0 unspecified atom stereocenters. The maximum absolute atomic E-state index is 5.94. The molecule has 3 aromatic heterocycles. The van der Waals surface area contributed by atoms with Gasteiger partial charge >= 0.3 is 0 Å². The van der Waals surface area contributed by atoms with Crippen LogP contribution in [0, 0.1) is 0 Å². The first kappa shape index (κ1) is 10.4. The van der Waals surface area contributed by atoms with Crippen LogP contribution >= 0.6 is 11.6 Å². The summed E-state index contributed by atoms with van der Waals surface area (Å²) in [5.74, 6) is 1.24. The van der Waals surface area contributed by atoms with Gasteiger partial charge in [0.15, 0.2) is 11.6 Å². The van der Waals surface area contributed by atoms with Gasteiger partial charge in [0, 0.05) is 5.39 Å². The van der Waals surface area contributed by atoms with Crippen molar-refractivity contribution >= 4 is 22.6 Å². The van der Waals surface area contributed by atoms with Crippen LogP contribution in [0.25, 0.3) is 22.6 Å². The fourth-order valence-electron chi connectivity index (χ4n) is 1.82. The number of fused-ring (bicyclic) bond motifs is 1. The largest absolute Gasteiger partial charge is 0.461 e. The smallest absolute Gasteiger partial charge is 0.197 e. The first-order chi connectivity index (χ1) is 8.28. The lowest BCUT2D eigenvalue weighted by molar-refractivity contribution is 0.577. The summed E-state index contributed by atoms with van der Waals surface area (Å²) in [4.78, 5) is 11.9. The van der Waals surface area contributed by atoms with Gasteiger partial charge in [-0.25, -0.2) is 9.97 Å². The number of furan rings is 1. The molecular weight excluding hydrogens is 238 g/mol. The number of H-pyrrole nitrogens is 1. The van der Waals surface area contributed by atoms with Crippen LogP contribution < -0.4 is 0 Å². The van der Waals surface area contributed by atoms with Crippen molar-refractivity contribution < 1.29 is 4.42 Å². The van der Waals surface area contributed by atoms with Crippen LogP contribution in [0.2, 0.25) is 5.15 Å². The Hall–Kier alpha value is -1.81. The van der Waals surface area contributed by atoms with E-state index in [9.17, 15) is 0 Å². The lowest BCUT2D eigenvalue weighted by Crippen LogP contribution is -1.95. The summed E-state index contributed by atoms with van der Waals surface area (Å²) in [5, 5.41) is 1.54. The van der Waals surface area contributed by atoms with Gasteiger partial charge in [0.1, 0.15) is 10.8 Å². The van der Waals surface area contributed by atoms with E-state index in [1.807, 2.05) is 18.2 Å². The highest BCUT2D eigenvalue weighted by molar-refractivity contribution is 6.30. The number of hydrogen-bond donors (Lipinski definition) is 1. The molecule has 0 saturated carbocycles. The monoisotopic (exact) mass is 247 g/mol. The number of aromatic nitrogens is 3. The minimum atomic E-state index is 0.570. The maximum Gasteiger partial charge on any atom is 0.197 e. The van der Waals surface area contributed by atoms with E-state index < -0.39 is 0 Å². The van der Waals surface area contributed by atoms with E-state index in [1.54, 1.807) is 6.26 Å². The normalized spacial score (nSPS) is 11.2. The zero-order valence-corrected chi connectivity index (χ0v) is 9.95. The van der Waals surface area contributed by atoms with Crippen molar-refractivity contribution in [1.29, 1.82) is 0 Å². The van der Waals surface area contributed by atoms with Gasteiger partial charge in [-0.1, -0.05) is 18.5 Å². The Morgan fingerprint density at radius 3 is 3.00 bits per heavy atom. The first-order valence-corrected chi connectivity index (χ1v) is 5.74. The number of aromatic amines is 1. The second kappa shape index (κ2) is 3.89. The van der Waals surface area contributed by atoms with E-state index in [1.165, 1.54) is 0 Å². The van der Waals surface area contributed by atoms with Crippen molar-refractivity contribution in [1.82, 2.24) is 15.0 Å². The molecule has 0 aliphatic heterocycles. The number of hydrogen-bond acceptors (Lipinski definition) is 3. The summed E-state index contributed by atoms with van der Waals surface area (Å²) < 4.78 is 5.30. The van der Waals surface area contributed by atoms with Gasteiger partial charge in [0.2, 0.25) is 0 Å². The molecule has 0 aromatic carbocycles. The minimum Gasteiger partial charge on any atom is -0.461 e. The molecule has 0 saturated heterocycles. The fraction of sp³-hybridized carbons (Fsp3) is 0.167. The highest BCUT2D eigenvalue weighted by atomic mass is 35.5. The summed E-state index contributed by atoms with van der Waals surface area (Å²) in [5.41, 5.74) is 1.71. The second-order valence-corrected chi connectivity index (χ2v) is 4.11. The Morgan fingerprint density at radius 1 is 1.41 bits per heavy atom. The van der Waals surface area contributed by atoms with Gasteiger partial charge in [-0.15, -0.1) is 0 Å². The Balaban J connectivity index is 2.28. The molecule has 0 amide bonds. The van der Waals surface area contributed by atoms with E-state index in [-0.39, 0.29) is 0 Å². The molecular formula is C12H10ClN3O. The third-order valence-corrected chi connectivity index (χ3v) is 2.81. The van der Waals surface area contributed by atoms with E-state index in [2.05, 4.69) is 21.9 Å². The standard InChI is InChI=1S/C12H10ClN3O/c1-2-8-7-6-10(13)15-11(7)16-12(14-8)9-4-3-5-17-9/h3-6H,2H2,1H3,(H,14,15,16). The number of rotatable bonds is 2. The molecule has 0 atom stereocenters. The fourth-order valence-corrected chi connectivity index (χ4v) is 2.02. The van der Waals surface area contributed by atoms with Crippen LogP contribution in [-0.2, 0) is 6.42 Å². The van der Waals surface area contributed by atoms with Crippen molar-refractivity contribution in [3.05, 3.63) is 35.3 Å². The SMILES string of the molecule is CCc1nc(-c2ccco2)nc2[nH]c(Cl)cc12. The zero-order chi connectivity index (χ0) is 11.8. The van der Waals surface area contributed by atoms with Crippen molar-refractivity contribution in [2.24, 2.45) is 0 Å². The minimum absolute atomic E-state index is 0.570. The maximum atomic E-state index is 5.94. The van der Waals surface area contributed by atoms with Gasteiger partial charge < -0.3 is 9.40 Å². The van der Waals surface area contributed by atoms with Gasteiger partial charge in [-0.2, -0.15) is 0 Å². The van der Waals surface area contributed by atoms with Gasteiger partial charge in [-0.3, -0.25) is 0 Å². The molecule has 0 aliphatic rings. The van der Waals surface area contributed by atoms with Crippen LogP contribution in [0.15, 0.2) is 28.9 Å². The molecule has 0 spiro atoms. The molecule has 0 fully saturated rings. The third-order valence-electron chi connectivity index (χ3n) is 2.61. The van der Waals surface area contributed by atoms with E-state index in [0.29, 0.717) is 16.7 Å². The molecule has 4 nitrogen and oxygen atoms in total. The molecule has 17 heavy (non-hydrogen) atoms. The predicted molar refractivity (Wildman–Crippen MR) is 66.0 cm³/mol. The van der Waals surface area contributed by atoms with Gasteiger partial charge in [0.05, 0.1) is 12.0 Å². The first-order valence-electron chi connectivity index (χ1n) is 5.37.